The number of aromatic nitrogens is 5. The van der Waals surface area contributed by atoms with Gasteiger partial charge in [0.1, 0.15) is 12.0 Å². The Hall–Kier alpha value is -3.56. The summed E-state index contributed by atoms with van der Waals surface area (Å²) in [5, 5.41) is 7.49. The van der Waals surface area contributed by atoms with Gasteiger partial charge in [0, 0.05) is 29.6 Å². The van der Waals surface area contributed by atoms with Crippen LogP contribution in [0.4, 0.5) is 0 Å². The third-order valence-electron chi connectivity index (χ3n) is 5.62. The number of halogens is 1. The maximum Gasteiger partial charge on any atom is 0.227 e. The van der Waals surface area contributed by atoms with Crippen molar-refractivity contribution in [1.82, 2.24) is 30.0 Å². The van der Waals surface area contributed by atoms with Crippen LogP contribution >= 0.6 is 11.6 Å². The van der Waals surface area contributed by atoms with Crippen LogP contribution in [-0.4, -0.2) is 49.5 Å². The number of H-pyrrole nitrogens is 1. The first-order valence-electron chi connectivity index (χ1n) is 11.0. The van der Waals surface area contributed by atoms with Crippen LogP contribution in [-0.2, 0) is 11.3 Å². The molecule has 4 aromatic rings. The quantitative estimate of drug-likeness (QED) is 0.411. The third-order valence-corrected chi connectivity index (χ3v) is 5.95. The number of amides is 1. The number of carbonyl (C=O) groups is 1. The van der Waals surface area contributed by atoms with Crippen LogP contribution < -0.4 is 5.73 Å². The predicted octanol–water partition coefficient (Wildman–Crippen LogP) is 4.16. The number of carbonyl (C=O) groups excluding carboxylic acids is 1. The Morgan fingerprint density at radius 2 is 1.94 bits per heavy atom. The molecule has 0 atom stereocenters. The molecule has 4 heterocycles. The van der Waals surface area contributed by atoms with Crippen molar-refractivity contribution < 1.29 is 9.21 Å². The van der Waals surface area contributed by atoms with Crippen LogP contribution in [0.1, 0.15) is 29.7 Å². The predicted molar refractivity (Wildman–Crippen MR) is 130 cm³/mol. The molecule has 1 aliphatic heterocycles. The Kier molecular flexibility index (Phi) is 7.34. The lowest BCUT2D eigenvalue weighted by Crippen LogP contribution is -2.18. The van der Waals surface area contributed by atoms with E-state index in [2.05, 4.69) is 42.9 Å². The fourth-order valence-corrected chi connectivity index (χ4v) is 4.21. The van der Waals surface area contributed by atoms with Gasteiger partial charge < -0.3 is 10.2 Å². The van der Waals surface area contributed by atoms with Gasteiger partial charge in [0.2, 0.25) is 12.3 Å². The summed E-state index contributed by atoms with van der Waals surface area (Å²) in [5.74, 6) is 1.53. The number of nitrogens with two attached hydrogens (primary N) is 1. The first-order chi connectivity index (χ1) is 16.5. The number of aromatic amines is 1. The Labute approximate surface area is 202 Å². The number of nitrogens with zero attached hydrogens (tertiary/aromatic N) is 5. The first kappa shape index (κ1) is 23.6. The molecular formula is C24H26ClN7O2. The van der Waals surface area contributed by atoms with Gasteiger partial charge in [-0.1, -0.05) is 17.7 Å². The monoisotopic (exact) mass is 479 g/mol. The highest BCUT2D eigenvalue weighted by molar-refractivity contribution is 6.33. The molecule has 0 bridgehead atoms. The van der Waals surface area contributed by atoms with E-state index in [4.69, 9.17) is 25.8 Å². The number of benzene rings is 1. The lowest BCUT2D eigenvalue weighted by atomic mass is 10.1. The number of hydrogen-bond donors (Lipinski definition) is 2. The molecule has 1 saturated heterocycles. The molecule has 0 aliphatic carbocycles. The van der Waals surface area contributed by atoms with E-state index in [0.29, 0.717) is 28.2 Å². The SMILES string of the molecule is Cc1cc(-c2nc(-c3cc(CN4CCCC4)ccc3Cl)c(-c3ncn[nH]3)o2)c(C)cn1.NC=O. The number of hydrogen-bond acceptors (Lipinski definition) is 7. The second-order valence-corrected chi connectivity index (χ2v) is 8.51. The summed E-state index contributed by atoms with van der Waals surface area (Å²) in [7, 11) is 0. The second-order valence-electron chi connectivity index (χ2n) is 8.10. The molecule has 1 aromatic carbocycles. The molecule has 3 N–H and O–H groups in total. The highest BCUT2D eigenvalue weighted by Crippen LogP contribution is 2.38. The van der Waals surface area contributed by atoms with E-state index in [9.17, 15) is 0 Å². The second kappa shape index (κ2) is 10.6. The minimum Gasteiger partial charge on any atom is -0.432 e. The number of pyridine rings is 1. The average molecular weight is 480 g/mol. The number of rotatable bonds is 5. The van der Waals surface area contributed by atoms with Crippen molar-refractivity contribution in [3.05, 3.63) is 58.6 Å². The standard InChI is InChI=1S/C23H23ClN6O.CH3NO/c1-14-11-25-15(2)9-17(14)23-28-20(21(31-23)22-26-13-27-29-22)18-10-16(5-6-19(18)24)12-30-7-3-4-8-30;2-1-3/h5-6,9-11,13H,3-4,7-8,12H2,1-2H3,(H,26,27,29);1H,(H2,2,3). The van der Waals surface area contributed by atoms with Crippen LogP contribution in [0.3, 0.4) is 0 Å². The van der Waals surface area contributed by atoms with Crippen molar-refractivity contribution in [3.63, 3.8) is 0 Å². The molecule has 9 nitrogen and oxygen atoms in total. The molecule has 176 valence electrons. The zero-order valence-corrected chi connectivity index (χ0v) is 19.8. The van der Waals surface area contributed by atoms with Gasteiger partial charge in [-0.25, -0.2) is 9.97 Å². The Morgan fingerprint density at radius 3 is 2.65 bits per heavy atom. The van der Waals surface area contributed by atoms with Gasteiger partial charge in [-0.15, -0.1) is 0 Å². The van der Waals surface area contributed by atoms with Gasteiger partial charge in [-0.05, 0) is 69.1 Å². The molecular weight excluding hydrogens is 454 g/mol. The highest BCUT2D eigenvalue weighted by atomic mass is 35.5. The van der Waals surface area contributed by atoms with Crippen molar-refractivity contribution in [3.8, 4) is 34.3 Å². The molecule has 5 rings (SSSR count). The zero-order valence-electron chi connectivity index (χ0n) is 19.1. The van der Waals surface area contributed by atoms with Crippen molar-refractivity contribution in [2.75, 3.05) is 13.1 Å². The largest absolute Gasteiger partial charge is 0.432 e. The van der Waals surface area contributed by atoms with E-state index in [1.54, 1.807) is 0 Å². The normalized spacial score (nSPS) is 13.5. The van der Waals surface area contributed by atoms with E-state index >= 15 is 0 Å². The minimum absolute atomic E-state index is 0.250. The fourth-order valence-electron chi connectivity index (χ4n) is 4.00. The summed E-state index contributed by atoms with van der Waals surface area (Å²) in [6.07, 6.45) is 6.04. The molecule has 1 amide bonds. The van der Waals surface area contributed by atoms with Crippen LogP contribution in [0.15, 0.2) is 41.2 Å². The van der Waals surface area contributed by atoms with Gasteiger partial charge in [0.15, 0.2) is 11.6 Å². The molecule has 3 aromatic heterocycles. The van der Waals surface area contributed by atoms with Gasteiger partial charge in [-0.2, -0.15) is 5.10 Å². The van der Waals surface area contributed by atoms with Crippen molar-refractivity contribution in [1.29, 1.82) is 0 Å². The summed E-state index contributed by atoms with van der Waals surface area (Å²) in [6.45, 7) is 7.10. The number of likely N-dealkylation sites (tertiary alicyclic amines) is 1. The lowest BCUT2D eigenvalue weighted by molar-refractivity contribution is -0.106. The number of aryl methyl sites for hydroxylation is 2. The van der Waals surface area contributed by atoms with Gasteiger partial charge in [-0.3, -0.25) is 19.8 Å². The van der Waals surface area contributed by atoms with Crippen LogP contribution in [0, 0.1) is 13.8 Å². The van der Waals surface area contributed by atoms with Gasteiger partial charge >= 0.3 is 0 Å². The molecule has 1 aliphatic rings. The average Bonchev–Trinajstić information content (AvgIpc) is 3.59. The zero-order chi connectivity index (χ0) is 24.1. The lowest BCUT2D eigenvalue weighted by Gasteiger charge is -2.15. The number of nitrogens with one attached hydrogen (secondary N) is 1. The van der Waals surface area contributed by atoms with Crippen LogP contribution in [0.25, 0.3) is 34.3 Å². The van der Waals surface area contributed by atoms with E-state index in [-0.39, 0.29) is 6.41 Å². The molecule has 10 heteroatoms. The number of oxazole rings is 1. The third kappa shape index (κ3) is 5.16. The summed E-state index contributed by atoms with van der Waals surface area (Å²) in [4.78, 5) is 24.5. The maximum atomic E-state index is 8.58. The topological polar surface area (TPSA) is 127 Å². The summed E-state index contributed by atoms with van der Waals surface area (Å²) in [6, 6.07) is 8.09. The smallest absolute Gasteiger partial charge is 0.227 e. The van der Waals surface area contributed by atoms with Crippen molar-refractivity contribution in [2.24, 2.45) is 5.73 Å². The van der Waals surface area contributed by atoms with E-state index in [1.807, 2.05) is 32.2 Å². The molecule has 0 spiro atoms. The Morgan fingerprint density at radius 1 is 1.18 bits per heavy atom. The highest BCUT2D eigenvalue weighted by Gasteiger charge is 2.23. The Bertz CT molecular complexity index is 1260. The van der Waals surface area contributed by atoms with Gasteiger partial charge in [0.25, 0.3) is 0 Å². The number of primary amides is 1. The van der Waals surface area contributed by atoms with Crippen molar-refractivity contribution >= 4 is 18.0 Å². The summed E-state index contributed by atoms with van der Waals surface area (Å²) < 4.78 is 6.22. The first-order valence-corrected chi connectivity index (χ1v) is 11.3. The van der Waals surface area contributed by atoms with Crippen LogP contribution in [0.5, 0.6) is 0 Å². The fraction of sp³-hybridized carbons (Fsp3) is 0.292. The molecule has 0 saturated carbocycles. The summed E-state index contributed by atoms with van der Waals surface area (Å²) in [5.41, 5.74) is 9.61. The van der Waals surface area contributed by atoms with Crippen molar-refractivity contribution in [2.45, 2.75) is 33.2 Å². The van der Waals surface area contributed by atoms with Crippen LogP contribution in [0.2, 0.25) is 5.02 Å². The minimum atomic E-state index is 0.250. The van der Waals surface area contributed by atoms with E-state index in [1.165, 1.54) is 24.7 Å². The summed E-state index contributed by atoms with van der Waals surface area (Å²) >= 11 is 6.64. The molecule has 0 unspecified atom stereocenters. The molecule has 0 radical (unpaired) electrons. The molecule has 34 heavy (non-hydrogen) atoms. The Balaban J connectivity index is 0.000000868. The van der Waals surface area contributed by atoms with Gasteiger partial charge in [0.05, 0.1) is 5.02 Å². The maximum absolute atomic E-state index is 8.58. The van der Waals surface area contributed by atoms with E-state index in [0.717, 1.165) is 42.0 Å². The van der Waals surface area contributed by atoms with E-state index < -0.39 is 0 Å². The molecule has 1 fully saturated rings.